The highest BCUT2D eigenvalue weighted by Gasteiger charge is 2.75. The highest BCUT2D eigenvalue weighted by atomic mass is 16.3. The van der Waals surface area contributed by atoms with Crippen molar-refractivity contribution in [2.75, 3.05) is 6.61 Å². The minimum absolute atomic E-state index is 0.0492. The molecule has 5 N–H and O–H groups in total. The molecule has 38 heavy (non-hydrogen) atoms. The van der Waals surface area contributed by atoms with Crippen molar-refractivity contribution in [1.82, 2.24) is 0 Å². The van der Waals surface area contributed by atoms with Crippen LogP contribution >= 0.6 is 0 Å². The van der Waals surface area contributed by atoms with Gasteiger partial charge in [0.05, 0.1) is 23.7 Å². The van der Waals surface area contributed by atoms with E-state index in [0.29, 0.717) is 6.42 Å². The highest BCUT2D eigenvalue weighted by molar-refractivity contribution is 5.98. The summed E-state index contributed by atoms with van der Waals surface area (Å²) in [6.07, 6.45) is 2.65. The van der Waals surface area contributed by atoms with Crippen LogP contribution in [0.3, 0.4) is 0 Å². The number of fused-ring (bicyclic) bond motifs is 5. The van der Waals surface area contributed by atoms with E-state index in [1.54, 1.807) is 13.8 Å². The van der Waals surface area contributed by atoms with Crippen LogP contribution in [0.1, 0.15) is 74.1 Å². The lowest BCUT2D eigenvalue weighted by molar-refractivity contribution is -0.192. The Morgan fingerprint density at radius 2 is 1.68 bits per heavy atom. The van der Waals surface area contributed by atoms with Crippen molar-refractivity contribution in [3.05, 3.63) is 23.8 Å². The lowest BCUT2D eigenvalue weighted by atomic mass is 9.38. The molecule has 0 aromatic heterocycles. The summed E-state index contributed by atoms with van der Waals surface area (Å²) in [5.41, 5.74) is -6.48. The van der Waals surface area contributed by atoms with Crippen LogP contribution < -0.4 is 0 Å². The summed E-state index contributed by atoms with van der Waals surface area (Å²) >= 11 is 0. The monoisotopic (exact) mass is 532 g/mol. The van der Waals surface area contributed by atoms with Gasteiger partial charge in [0.15, 0.2) is 11.6 Å². The molecule has 3 saturated carbocycles. The van der Waals surface area contributed by atoms with Crippen molar-refractivity contribution in [3.63, 3.8) is 0 Å². The first-order chi connectivity index (χ1) is 17.2. The molecule has 4 aliphatic rings. The number of ketones is 3. The molecule has 0 spiro atoms. The van der Waals surface area contributed by atoms with Gasteiger partial charge in [-0.15, -0.1) is 0 Å². The number of hydrogen-bond acceptors (Lipinski definition) is 8. The third-order valence-electron chi connectivity index (χ3n) is 11.1. The van der Waals surface area contributed by atoms with Crippen molar-refractivity contribution in [2.24, 2.45) is 39.4 Å². The molecule has 9 atom stereocenters. The first-order valence-electron chi connectivity index (χ1n) is 13.7. The van der Waals surface area contributed by atoms with E-state index in [-0.39, 0.29) is 30.8 Å². The molecular formula is C30H44O8. The maximum atomic E-state index is 14.3. The van der Waals surface area contributed by atoms with Gasteiger partial charge < -0.3 is 25.5 Å². The van der Waals surface area contributed by atoms with Gasteiger partial charge in [-0.3, -0.25) is 14.4 Å². The summed E-state index contributed by atoms with van der Waals surface area (Å²) in [7, 11) is 0. The van der Waals surface area contributed by atoms with Crippen molar-refractivity contribution in [3.8, 4) is 0 Å². The quantitative estimate of drug-likeness (QED) is 0.266. The average molecular weight is 533 g/mol. The molecule has 4 rings (SSSR count). The van der Waals surface area contributed by atoms with E-state index in [0.717, 1.165) is 11.6 Å². The molecule has 0 bridgehead atoms. The first-order valence-corrected chi connectivity index (χ1v) is 13.7. The smallest absolute Gasteiger partial charge is 0.187 e. The lowest BCUT2D eigenvalue weighted by Crippen LogP contribution is -2.67. The fraction of sp³-hybridized carbons (Fsp3) is 0.767. The minimum atomic E-state index is -2.02. The van der Waals surface area contributed by atoms with E-state index in [4.69, 9.17) is 0 Å². The van der Waals surface area contributed by atoms with Crippen LogP contribution in [0.5, 0.6) is 0 Å². The first kappa shape index (κ1) is 29.3. The maximum Gasteiger partial charge on any atom is 0.187 e. The lowest BCUT2D eigenvalue weighted by Gasteiger charge is -2.64. The Balaban J connectivity index is 1.83. The van der Waals surface area contributed by atoms with Gasteiger partial charge >= 0.3 is 0 Å². The van der Waals surface area contributed by atoms with Gasteiger partial charge in [0.25, 0.3) is 0 Å². The van der Waals surface area contributed by atoms with E-state index < -0.39 is 75.2 Å². The van der Waals surface area contributed by atoms with Crippen LogP contribution in [0, 0.1) is 39.4 Å². The second-order valence-electron chi connectivity index (χ2n) is 14.1. The van der Waals surface area contributed by atoms with Gasteiger partial charge in [0, 0.05) is 17.8 Å². The molecule has 0 radical (unpaired) electrons. The van der Waals surface area contributed by atoms with Crippen LogP contribution in [0.15, 0.2) is 23.8 Å². The van der Waals surface area contributed by atoms with Gasteiger partial charge in [-0.25, -0.2) is 0 Å². The summed E-state index contributed by atoms with van der Waals surface area (Å²) < 4.78 is 0. The fourth-order valence-corrected chi connectivity index (χ4v) is 9.07. The number of carbonyl (C=O) groups excluding carboxylic acids is 3. The van der Waals surface area contributed by atoms with Gasteiger partial charge in [-0.05, 0) is 82.6 Å². The van der Waals surface area contributed by atoms with Crippen LogP contribution in [0.4, 0.5) is 0 Å². The number of Topliss-reactive ketones (excluding diaryl/α,β-unsaturated/α-hetero) is 2. The number of carbonyl (C=O) groups is 3. The Morgan fingerprint density at radius 1 is 1.08 bits per heavy atom. The zero-order chi connectivity index (χ0) is 28.9. The topological polar surface area (TPSA) is 152 Å². The van der Waals surface area contributed by atoms with Crippen LogP contribution in [-0.2, 0) is 14.4 Å². The van der Waals surface area contributed by atoms with Gasteiger partial charge in [-0.2, -0.15) is 0 Å². The second kappa shape index (κ2) is 8.64. The van der Waals surface area contributed by atoms with Gasteiger partial charge in [0.2, 0.25) is 0 Å². The van der Waals surface area contributed by atoms with Crippen LogP contribution in [0.2, 0.25) is 0 Å². The third-order valence-corrected chi connectivity index (χ3v) is 11.1. The molecule has 3 fully saturated rings. The zero-order valence-corrected chi connectivity index (χ0v) is 23.6. The predicted molar refractivity (Wildman–Crippen MR) is 140 cm³/mol. The average Bonchev–Trinajstić information content (AvgIpc) is 3.00. The third kappa shape index (κ3) is 3.70. The summed E-state index contributed by atoms with van der Waals surface area (Å²) in [5.74, 6) is -3.13. The molecular weight excluding hydrogens is 488 g/mol. The van der Waals surface area contributed by atoms with Crippen LogP contribution in [-0.4, -0.2) is 72.9 Å². The van der Waals surface area contributed by atoms with Crippen molar-refractivity contribution in [2.45, 2.75) is 97.6 Å². The van der Waals surface area contributed by atoms with Crippen molar-refractivity contribution >= 4 is 17.3 Å². The molecule has 0 unspecified atom stereocenters. The van der Waals surface area contributed by atoms with E-state index in [2.05, 4.69) is 0 Å². The number of aliphatic hydroxyl groups is 5. The number of aliphatic hydroxyl groups excluding tert-OH is 3. The molecule has 0 aliphatic heterocycles. The summed E-state index contributed by atoms with van der Waals surface area (Å²) in [5, 5.41) is 54.7. The summed E-state index contributed by atoms with van der Waals surface area (Å²) in [6, 6.07) is 0. The highest BCUT2D eigenvalue weighted by Crippen LogP contribution is 2.74. The Bertz CT molecular complexity index is 1110. The van der Waals surface area contributed by atoms with E-state index >= 15 is 0 Å². The predicted octanol–water partition coefficient (Wildman–Crippen LogP) is 1.90. The van der Waals surface area contributed by atoms with Gasteiger partial charge in [0.1, 0.15) is 17.5 Å². The maximum absolute atomic E-state index is 14.3. The van der Waals surface area contributed by atoms with Crippen LogP contribution in [0.25, 0.3) is 0 Å². The molecule has 0 aromatic rings. The Hall–Kier alpha value is -1.71. The largest absolute Gasteiger partial charge is 0.395 e. The van der Waals surface area contributed by atoms with Crippen molar-refractivity contribution in [1.29, 1.82) is 0 Å². The minimum Gasteiger partial charge on any atom is -0.395 e. The molecule has 0 heterocycles. The fourth-order valence-electron chi connectivity index (χ4n) is 9.07. The van der Waals surface area contributed by atoms with E-state index in [1.165, 1.54) is 26.8 Å². The van der Waals surface area contributed by atoms with E-state index in [9.17, 15) is 39.9 Å². The molecule has 0 amide bonds. The Labute approximate surface area is 224 Å². The van der Waals surface area contributed by atoms with Crippen molar-refractivity contribution < 1.29 is 39.9 Å². The second-order valence-corrected chi connectivity index (χ2v) is 14.1. The number of allylic oxidation sites excluding steroid dienone is 2. The molecule has 8 heteroatoms. The molecule has 8 nitrogen and oxygen atoms in total. The zero-order valence-electron chi connectivity index (χ0n) is 23.6. The standard InChI is InChI=1S/C30H44O8/c1-25(2,37)11-10-21(34)29(7,38)23-19(33)13-27(5)20-9-8-16-17(12-18(32)24(36)26(16,3)4)30(20,15-31)22(35)14-28(23,27)6/h8,10-11,17-20,23,31-33,37-38H,9,12-15H2,1-7H3/b11-10+/t17-,18-,19+,20-,23-,27-,28+,29-,30-/m0/s1. The van der Waals surface area contributed by atoms with E-state index in [1.807, 2.05) is 19.9 Å². The number of rotatable bonds is 5. The molecule has 212 valence electrons. The van der Waals surface area contributed by atoms with Gasteiger partial charge in [-0.1, -0.05) is 31.6 Å². The normalized spacial score (nSPS) is 44.2. The Morgan fingerprint density at radius 3 is 2.24 bits per heavy atom. The molecule has 0 saturated heterocycles. The summed E-state index contributed by atoms with van der Waals surface area (Å²) in [6.45, 7) is 11.2. The Kier molecular flexibility index (Phi) is 6.66. The number of hydrogen-bond donors (Lipinski definition) is 5. The summed E-state index contributed by atoms with van der Waals surface area (Å²) in [4.78, 5) is 40.4. The SMILES string of the molecule is CC(C)(O)/C=C/C(=O)[C@](C)(O)[C@H]1[C@H](O)C[C@@]2(C)[C@@H]3CC=C4[C@H](C[C@H](O)C(=O)C4(C)C)[C@]3(CO)C(=O)C[C@]12C. The molecule has 4 aliphatic carbocycles. The molecule has 0 aromatic carbocycles.